The predicted octanol–water partition coefficient (Wildman–Crippen LogP) is 3.97. The fraction of sp³-hybridized carbons (Fsp3) is 0.412. The summed E-state index contributed by atoms with van der Waals surface area (Å²) in [5.74, 6) is 1.37. The third-order valence-corrected chi connectivity index (χ3v) is 3.59. The molecule has 1 aromatic carbocycles. The van der Waals surface area contributed by atoms with E-state index in [1.165, 1.54) is 0 Å². The summed E-state index contributed by atoms with van der Waals surface area (Å²) in [7, 11) is 0. The molecule has 3 nitrogen and oxygen atoms in total. The summed E-state index contributed by atoms with van der Waals surface area (Å²) in [6.45, 7) is 6.28. The Kier molecular flexibility index (Phi) is 4.85. The minimum Gasteiger partial charge on any atom is -0.508 e. The Morgan fingerprint density at radius 1 is 1.25 bits per heavy atom. The summed E-state index contributed by atoms with van der Waals surface area (Å²) in [4.78, 5) is 0. The molecule has 2 atom stereocenters. The molecule has 2 unspecified atom stereocenters. The molecule has 0 amide bonds. The normalized spacial score (nSPS) is 14.2. The van der Waals surface area contributed by atoms with Crippen molar-refractivity contribution in [3.8, 4) is 5.75 Å². The van der Waals surface area contributed by atoms with Crippen molar-refractivity contribution >= 4 is 0 Å². The zero-order valence-corrected chi connectivity index (χ0v) is 12.4. The molecule has 0 spiro atoms. The molecular weight excluding hydrogens is 250 g/mol. The van der Waals surface area contributed by atoms with Gasteiger partial charge in [0.25, 0.3) is 0 Å². The summed E-state index contributed by atoms with van der Waals surface area (Å²) in [6, 6.07) is 10.1. The van der Waals surface area contributed by atoms with Gasteiger partial charge in [0, 0.05) is 24.1 Å². The van der Waals surface area contributed by atoms with Gasteiger partial charge >= 0.3 is 0 Å². The van der Waals surface area contributed by atoms with E-state index >= 15 is 0 Å². The van der Waals surface area contributed by atoms with Crippen molar-refractivity contribution in [2.75, 3.05) is 0 Å². The van der Waals surface area contributed by atoms with Crippen molar-refractivity contribution < 1.29 is 9.52 Å². The third kappa shape index (κ3) is 3.87. The number of rotatable bonds is 6. The van der Waals surface area contributed by atoms with E-state index in [9.17, 15) is 5.11 Å². The number of nitrogens with one attached hydrogen (secondary N) is 1. The Bertz CT molecular complexity index is 534. The number of hydrogen-bond donors (Lipinski definition) is 2. The van der Waals surface area contributed by atoms with Crippen LogP contribution >= 0.6 is 0 Å². The largest absolute Gasteiger partial charge is 0.508 e. The van der Waals surface area contributed by atoms with E-state index in [0.717, 1.165) is 29.7 Å². The molecule has 0 aliphatic rings. The smallest absolute Gasteiger partial charge is 0.120 e. The summed E-state index contributed by atoms with van der Waals surface area (Å²) in [5.41, 5.74) is 2.12. The fourth-order valence-electron chi connectivity index (χ4n) is 2.43. The summed E-state index contributed by atoms with van der Waals surface area (Å²) in [5, 5.41) is 13.5. The van der Waals surface area contributed by atoms with Gasteiger partial charge in [-0.05, 0) is 45.4 Å². The molecule has 2 N–H and O–H groups in total. The first-order valence-corrected chi connectivity index (χ1v) is 7.14. The average Bonchev–Trinajstić information content (AvgIpc) is 2.92. The van der Waals surface area contributed by atoms with Crippen LogP contribution < -0.4 is 5.32 Å². The van der Waals surface area contributed by atoms with Crippen LogP contribution in [-0.4, -0.2) is 11.1 Å². The van der Waals surface area contributed by atoms with Crippen LogP contribution in [0.4, 0.5) is 0 Å². The Hall–Kier alpha value is -1.74. The first kappa shape index (κ1) is 14.7. The number of phenols is 1. The van der Waals surface area contributed by atoms with Gasteiger partial charge < -0.3 is 14.8 Å². The molecule has 0 aliphatic carbocycles. The van der Waals surface area contributed by atoms with Crippen LogP contribution in [0, 0.1) is 6.92 Å². The molecule has 0 bridgehead atoms. The van der Waals surface area contributed by atoms with Crippen LogP contribution in [0.3, 0.4) is 0 Å². The molecular formula is C17H23NO2. The van der Waals surface area contributed by atoms with Gasteiger partial charge in [-0.15, -0.1) is 0 Å². The highest BCUT2D eigenvalue weighted by Gasteiger charge is 2.13. The Morgan fingerprint density at radius 3 is 2.75 bits per heavy atom. The molecule has 2 rings (SSSR count). The SMILES string of the molecule is Cc1ccc(O)c(C(C)NC(C)CCc2ccco2)c1. The monoisotopic (exact) mass is 273 g/mol. The molecule has 1 aromatic heterocycles. The van der Waals surface area contributed by atoms with Crippen molar-refractivity contribution in [2.24, 2.45) is 0 Å². The zero-order valence-electron chi connectivity index (χ0n) is 12.4. The van der Waals surface area contributed by atoms with Crippen LogP contribution in [0.15, 0.2) is 41.0 Å². The highest BCUT2D eigenvalue weighted by molar-refractivity contribution is 5.37. The number of furan rings is 1. The van der Waals surface area contributed by atoms with E-state index in [1.54, 1.807) is 12.3 Å². The zero-order chi connectivity index (χ0) is 14.5. The summed E-state index contributed by atoms with van der Waals surface area (Å²) >= 11 is 0. The molecule has 2 aromatic rings. The Labute approximate surface area is 120 Å². The maximum atomic E-state index is 9.94. The van der Waals surface area contributed by atoms with Gasteiger partial charge in [0.05, 0.1) is 6.26 Å². The lowest BCUT2D eigenvalue weighted by Crippen LogP contribution is -2.29. The van der Waals surface area contributed by atoms with E-state index in [4.69, 9.17) is 4.42 Å². The lowest BCUT2D eigenvalue weighted by molar-refractivity contribution is 0.413. The summed E-state index contributed by atoms with van der Waals surface area (Å²) < 4.78 is 5.34. The average molecular weight is 273 g/mol. The van der Waals surface area contributed by atoms with E-state index in [-0.39, 0.29) is 6.04 Å². The lowest BCUT2D eigenvalue weighted by atomic mass is 10.0. The van der Waals surface area contributed by atoms with E-state index in [1.807, 2.05) is 31.2 Å². The predicted molar refractivity (Wildman–Crippen MR) is 80.9 cm³/mol. The molecule has 0 radical (unpaired) electrons. The van der Waals surface area contributed by atoms with E-state index < -0.39 is 0 Å². The van der Waals surface area contributed by atoms with Crippen molar-refractivity contribution in [1.82, 2.24) is 5.32 Å². The molecule has 0 saturated carbocycles. The molecule has 108 valence electrons. The van der Waals surface area contributed by atoms with Crippen LogP contribution in [0.25, 0.3) is 0 Å². The molecule has 0 fully saturated rings. The van der Waals surface area contributed by atoms with Gasteiger partial charge in [0.15, 0.2) is 0 Å². The van der Waals surface area contributed by atoms with Crippen molar-refractivity contribution in [3.05, 3.63) is 53.5 Å². The second-order valence-electron chi connectivity index (χ2n) is 5.47. The van der Waals surface area contributed by atoms with Gasteiger partial charge in [-0.25, -0.2) is 0 Å². The van der Waals surface area contributed by atoms with Crippen molar-refractivity contribution in [3.63, 3.8) is 0 Å². The second kappa shape index (κ2) is 6.62. The van der Waals surface area contributed by atoms with Crippen molar-refractivity contribution in [2.45, 2.75) is 45.7 Å². The first-order chi connectivity index (χ1) is 9.56. The van der Waals surface area contributed by atoms with E-state index in [0.29, 0.717) is 11.8 Å². The summed E-state index contributed by atoms with van der Waals surface area (Å²) in [6.07, 6.45) is 3.64. The van der Waals surface area contributed by atoms with Gasteiger partial charge in [0.1, 0.15) is 11.5 Å². The Balaban J connectivity index is 1.89. The van der Waals surface area contributed by atoms with Gasteiger partial charge in [-0.1, -0.05) is 17.7 Å². The van der Waals surface area contributed by atoms with E-state index in [2.05, 4.69) is 19.2 Å². The maximum Gasteiger partial charge on any atom is 0.120 e. The van der Waals surface area contributed by atoms with Crippen molar-refractivity contribution in [1.29, 1.82) is 0 Å². The molecule has 20 heavy (non-hydrogen) atoms. The minimum atomic E-state index is 0.126. The van der Waals surface area contributed by atoms with Crippen LogP contribution in [0.5, 0.6) is 5.75 Å². The van der Waals surface area contributed by atoms with Gasteiger partial charge in [-0.3, -0.25) is 0 Å². The lowest BCUT2D eigenvalue weighted by Gasteiger charge is -2.21. The quantitative estimate of drug-likeness (QED) is 0.837. The molecule has 3 heteroatoms. The Morgan fingerprint density at radius 2 is 2.05 bits per heavy atom. The minimum absolute atomic E-state index is 0.126. The van der Waals surface area contributed by atoms with Gasteiger partial charge in [-0.2, -0.15) is 0 Å². The maximum absolute atomic E-state index is 9.94. The number of aryl methyl sites for hydroxylation is 2. The molecule has 0 saturated heterocycles. The third-order valence-electron chi connectivity index (χ3n) is 3.59. The second-order valence-corrected chi connectivity index (χ2v) is 5.47. The van der Waals surface area contributed by atoms with Gasteiger partial charge in [0.2, 0.25) is 0 Å². The highest BCUT2D eigenvalue weighted by Crippen LogP contribution is 2.25. The number of hydrogen-bond acceptors (Lipinski definition) is 3. The number of benzene rings is 1. The molecule has 0 aliphatic heterocycles. The fourth-order valence-corrected chi connectivity index (χ4v) is 2.43. The van der Waals surface area contributed by atoms with Crippen LogP contribution in [0.2, 0.25) is 0 Å². The van der Waals surface area contributed by atoms with Crippen LogP contribution in [0.1, 0.15) is 43.2 Å². The number of aromatic hydroxyl groups is 1. The highest BCUT2D eigenvalue weighted by atomic mass is 16.3. The first-order valence-electron chi connectivity index (χ1n) is 7.14. The topological polar surface area (TPSA) is 45.4 Å². The molecule has 1 heterocycles. The van der Waals surface area contributed by atoms with Crippen LogP contribution in [-0.2, 0) is 6.42 Å². The standard InChI is InChI=1S/C17H23NO2/c1-12-6-9-17(19)16(11-12)14(3)18-13(2)7-8-15-5-4-10-20-15/h4-6,9-11,13-14,18-19H,7-8H2,1-3H3. The number of phenolic OH excluding ortho intramolecular Hbond substituents is 1.